The number of nitrogens with zero attached hydrogens (tertiary/aromatic N) is 8. The van der Waals surface area contributed by atoms with Crippen molar-refractivity contribution in [3.8, 4) is 17.1 Å². The summed E-state index contributed by atoms with van der Waals surface area (Å²) in [6.45, 7) is 1.95. The smallest absolute Gasteiger partial charge is 0.204 e. The molecule has 25 heavy (non-hydrogen) atoms. The Morgan fingerprint density at radius 2 is 1.84 bits per heavy atom. The summed E-state index contributed by atoms with van der Waals surface area (Å²) < 4.78 is 15.0. The fraction of sp³-hybridized carbons (Fsp3) is 0.125. The molecule has 0 radical (unpaired) electrons. The molecule has 0 saturated heterocycles. The maximum absolute atomic E-state index is 13.4. The van der Waals surface area contributed by atoms with Gasteiger partial charge in [-0.3, -0.25) is 0 Å². The van der Waals surface area contributed by atoms with E-state index in [1.807, 2.05) is 30.3 Å². The van der Waals surface area contributed by atoms with E-state index in [-0.39, 0.29) is 12.4 Å². The molecule has 9 heteroatoms. The number of halogens is 1. The predicted molar refractivity (Wildman–Crippen MR) is 86.2 cm³/mol. The lowest BCUT2D eigenvalue weighted by Gasteiger charge is -2.03. The number of rotatable bonds is 4. The first-order chi connectivity index (χ1) is 12.2. The van der Waals surface area contributed by atoms with Gasteiger partial charge in [0.05, 0.1) is 5.69 Å². The van der Waals surface area contributed by atoms with Crippen molar-refractivity contribution in [2.24, 2.45) is 0 Å². The number of para-hydroxylation sites is 1. The van der Waals surface area contributed by atoms with Crippen molar-refractivity contribution in [2.75, 3.05) is 0 Å². The lowest BCUT2D eigenvalue weighted by molar-refractivity contribution is 0.545. The number of benzene rings is 2. The molecule has 0 aliphatic rings. The Balaban J connectivity index is 1.60. The van der Waals surface area contributed by atoms with Crippen LogP contribution in [0, 0.1) is 12.7 Å². The van der Waals surface area contributed by atoms with E-state index >= 15 is 0 Å². The van der Waals surface area contributed by atoms with E-state index < -0.39 is 0 Å². The minimum absolute atomic E-state index is 0.259. The SMILES string of the molecule is Cc1cc(-c2nnn(Cc3nnnn3-c3ccccc3)n2)ccc1F. The highest BCUT2D eigenvalue weighted by atomic mass is 19.1. The molecule has 2 aromatic heterocycles. The van der Waals surface area contributed by atoms with Crippen molar-refractivity contribution in [1.29, 1.82) is 0 Å². The van der Waals surface area contributed by atoms with E-state index in [1.54, 1.807) is 23.7 Å². The molecule has 0 aliphatic heterocycles. The summed E-state index contributed by atoms with van der Waals surface area (Å²) in [6.07, 6.45) is 0. The van der Waals surface area contributed by atoms with Gasteiger partial charge in [-0.2, -0.15) is 9.48 Å². The van der Waals surface area contributed by atoms with Gasteiger partial charge in [-0.25, -0.2) is 4.39 Å². The Labute approximate surface area is 141 Å². The van der Waals surface area contributed by atoms with Gasteiger partial charge >= 0.3 is 0 Å². The average molecular weight is 336 g/mol. The third-order valence-electron chi connectivity index (χ3n) is 3.69. The lowest BCUT2D eigenvalue weighted by atomic mass is 10.1. The Morgan fingerprint density at radius 1 is 1.00 bits per heavy atom. The summed E-state index contributed by atoms with van der Waals surface area (Å²) in [5.41, 5.74) is 2.08. The second-order valence-corrected chi connectivity index (χ2v) is 5.45. The Hall–Kier alpha value is -3.49. The van der Waals surface area contributed by atoms with Crippen molar-refractivity contribution >= 4 is 0 Å². The first kappa shape index (κ1) is 15.1. The largest absolute Gasteiger partial charge is 0.207 e. The maximum Gasteiger partial charge on any atom is 0.204 e. The van der Waals surface area contributed by atoms with Gasteiger partial charge < -0.3 is 0 Å². The molecule has 2 aromatic carbocycles. The minimum Gasteiger partial charge on any atom is -0.207 e. The van der Waals surface area contributed by atoms with Crippen LogP contribution >= 0.6 is 0 Å². The summed E-state index contributed by atoms with van der Waals surface area (Å²) in [6, 6.07) is 14.2. The molecule has 0 amide bonds. The second kappa shape index (κ2) is 6.19. The zero-order valence-electron chi connectivity index (χ0n) is 13.3. The molecule has 4 aromatic rings. The monoisotopic (exact) mass is 336 g/mol. The van der Waals surface area contributed by atoms with Gasteiger partial charge in [0.15, 0.2) is 5.82 Å². The normalized spacial score (nSPS) is 11.0. The predicted octanol–water partition coefficient (Wildman–Crippen LogP) is 1.81. The molecule has 0 fully saturated rings. The van der Waals surface area contributed by atoms with Gasteiger partial charge in [-0.15, -0.1) is 15.3 Å². The van der Waals surface area contributed by atoms with Crippen LogP contribution < -0.4 is 0 Å². The van der Waals surface area contributed by atoms with Gasteiger partial charge in [-0.1, -0.05) is 18.2 Å². The average Bonchev–Trinajstić information content (AvgIpc) is 3.28. The molecular weight excluding hydrogens is 323 g/mol. The molecule has 0 spiro atoms. The van der Waals surface area contributed by atoms with Crippen LogP contribution in [-0.2, 0) is 6.54 Å². The topological polar surface area (TPSA) is 87.2 Å². The number of aromatic nitrogens is 8. The van der Waals surface area contributed by atoms with Crippen LogP contribution in [-0.4, -0.2) is 40.4 Å². The quantitative estimate of drug-likeness (QED) is 0.565. The van der Waals surface area contributed by atoms with E-state index in [2.05, 4.69) is 30.9 Å². The summed E-state index contributed by atoms with van der Waals surface area (Å²) in [7, 11) is 0. The maximum atomic E-state index is 13.4. The summed E-state index contributed by atoms with van der Waals surface area (Å²) in [5, 5.41) is 24.1. The van der Waals surface area contributed by atoms with E-state index in [4.69, 9.17) is 0 Å². The van der Waals surface area contributed by atoms with Gasteiger partial charge in [-0.05, 0) is 58.5 Å². The van der Waals surface area contributed by atoms with Crippen LogP contribution in [0.3, 0.4) is 0 Å². The highest BCUT2D eigenvalue weighted by Gasteiger charge is 2.12. The fourth-order valence-corrected chi connectivity index (χ4v) is 2.41. The van der Waals surface area contributed by atoms with Crippen LogP contribution in [0.1, 0.15) is 11.4 Å². The highest BCUT2D eigenvalue weighted by Crippen LogP contribution is 2.17. The van der Waals surface area contributed by atoms with E-state index in [0.29, 0.717) is 22.8 Å². The van der Waals surface area contributed by atoms with Crippen molar-refractivity contribution in [2.45, 2.75) is 13.5 Å². The summed E-state index contributed by atoms with van der Waals surface area (Å²) in [4.78, 5) is 1.40. The van der Waals surface area contributed by atoms with Gasteiger partial charge in [0.1, 0.15) is 12.4 Å². The molecule has 0 atom stereocenters. The number of tetrazole rings is 2. The molecule has 2 heterocycles. The highest BCUT2D eigenvalue weighted by molar-refractivity contribution is 5.55. The van der Waals surface area contributed by atoms with Crippen molar-refractivity contribution < 1.29 is 4.39 Å². The van der Waals surface area contributed by atoms with Gasteiger partial charge in [0, 0.05) is 5.56 Å². The molecule has 0 aliphatic carbocycles. The van der Waals surface area contributed by atoms with Gasteiger partial charge in [0.25, 0.3) is 0 Å². The van der Waals surface area contributed by atoms with Crippen LogP contribution in [0.15, 0.2) is 48.5 Å². The van der Waals surface area contributed by atoms with Crippen LogP contribution in [0.25, 0.3) is 17.1 Å². The molecule has 0 bridgehead atoms. The van der Waals surface area contributed by atoms with Gasteiger partial charge in [0.2, 0.25) is 5.82 Å². The third-order valence-corrected chi connectivity index (χ3v) is 3.69. The third kappa shape index (κ3) is 2.99. The summed E-state index contributed by atoms with van der Waals surface area (Å²) >= 11 is 0. The van der Waals surface area contributed by atoms with Crippen molar-refractivity contribution in [1.82, 2.24) is 40.4 Å². The van der Waals surface area contributed by atoms with E-state index in [9.17, 15) is 4.39 Å². The van der Waals surface area contributed by atoms with E-state index in [0.717, 1.165) is 5.69 Å². The number of hydrogen-bond acceptors (Lipinski definition) is 6. The molecular formula is C16H13FN8. The molecule has 4 rings (SSSR count). The minimum atomic E-state index is -0.266. The number of aryl methyl sites for hydroxylation is 1. The Bertz CT molecular complexity index is 1010. The molecule has 0 unspecified atom stereocenters. The zero-order chi connectivity index (χ0) is 17.2. The van der Waals surface area contributed by atoms with Crippen LogP contribution in [0.2, 0.25) is 0 Å². The Morgan fingerprint density at radius 3 is 2.64 bits per heavy atom. The van der Waals surface area contributed by atoms with E-state index in [1.165, 1.54) is 10.9 Å². The second-order valence-electron chi connectivity index (χ2n) is 5.45. The van der Waals surface area contributed by atoms with Crippen molar-refractivity contribution in [3.05, 3.63) is 65.7 Å². The zero-order valence-corrected chi connectivity index (χ0v) is 13.3. The Kier molecular flexibility index (Phi) is 3.73. The summed E-state index contributed by atoms with van der Waals surface area (Å²) in [5.74, 6) is 0.727. The fourth-order valence-electron chi connectivity index (χ4n) is 2.41. The van der Waals surface area contributed by atoms with Crippen molar-refractivity contribution in [3.63, 3.8) is 0 Å². The first-order valence-electron chi connectivity index (χ1n) is 7.58. The van der Waals surface area contributed by atoms with Crippen LogP contribution in [0.4, 0.5) is 4.39 Å². The first-order valence-corrected chi connectivity index (χ1v) is 7.58. The molecule has 8 nitrogen and oxygen atoms in total. The standard InChI is InChI=1S/C16H13FN8/c1-11-9-12(7-8-14(11)17)16-19-22-24(20-16)10-15-18-21-23-25(15)13-5-3-2-4-6-13/h2-9H,10H2,1H3. The van der Waals surface area contributed by atoms with Crippen LogP contribution in [0.5, 0.6) is 0 Å². The molecule has 0 saturated carbocycles. The number of hydrogen-bond donors (Lipinski definition) is 0. The lowest BCUT2D eigenvalue weighted by Crippen LogP contribution is -2.11. The molecule has 124 valence electrons. The molecule has 0 N–H and O–H groups in total.